The third kappa shape index (κ3) is 8.60. The van der Waals surface area contributed by atoms with E-state index in [9.17, 15) is 5.11 Å². The molecule has 0 aromatic rings. The van der Waals surface area contributed by atoms with Gasteiger partial charge in [0.05, 0.1) is 5.60 Å². The Labute approximate surface area is 86.3 Å². The van der Waals surface area contributed by atoms with Gasteiger partial charge in [-0.15, -0.1) is 0 Å². The molecule has 0 saturated heterocycles. The maximum atomic E-state index is 9.59. The largest absolute Gasteiger partial charge is 0.389 e. The number of rotatable bonds is 8. The van der Waals surface area contributed by atoms with E-state index in [1.807, 2.05) is 18.7 Å². The van der Waals surface area contributed by atoms with Gasteiger partial charge in [0.25, 0.3) is 0 Å². The van der Waals surface area contributed by atoms with E-state index in [1.54, 1.807) is 0 Å². The Kier molecular flexibility index (Phi) is 7.81. The lowest BCUT2D eigenvalue weighted by Crippen LogP contribution is -2.33. The average molecular weight is 205 g/mol. The van der Waals surface area contributed by atoms with Gasteiger partial charge < -0.3 is 10.8 Å². The van der Waals surface area contributed by atoms with Crippen molar-refractivity contribution in [2.24, 2.45) is 5.73 Å². The molecule has 0 radical (unpaired) electrons. The van der Waals surface area contributed by atoms with Crippen molar-refractivity contribution >= 4 is 11.8 Å². The summed E-state index contributed by atoms with van der Waals surface area (Å²) in [5.41, 5.74) is 4.77. The van der Waals surface area contributed by atoms with Crippen LogP contribution in [0.3, 0.4) is 0 Å². The quantitative estimate of drug-likeness (QED) is 0.596. The number of nitrogens with two attached hydrogens (primary N) is 1. The van der Waals surface area contributed by atoms with E-state index < -0.39 is 5.60 Å². The Hall–Kier alpha value is 0.270. The highest BCUT2D eigenvalue weighted by Crippen LogP contribution is 2.14. The summed E-state index contributed by atoms with van der Waals surface area (Å²) >= 11 is 2.00. The molecule has 0 aliphatic rings. The summed E-state index contributed by atoms with van der Waals surface area (Å²) in [5.74, 6) is 2.47. The summed E-state index contributed by atoms with van der Waals surface area (Å²) in [5, 5.41) is 9.59. The van der Waals surface area contributed by atoms with Crippen molar-refractivity contribution in [3.05, 3.63) is 0 Å². The highest BCUT2D eigenvalue weighted by atomic mass is 32.2. The standard InChI is InChI=1S/C10H23NOS/c1-3-7-13-8-5-4-6-10(2,12)9-11/h12H,3-9,11H2,1-2H3. The van der Waals surface area contributed by atoms with Gasteiger partial charge in [-0.1, -0.05) is 6.92 Å². The first-order valence-electron chi connectivity index (χ1n) is 5.12. The Bertz CT molecular complexity index is 117. The number of unbranched alkanes of at least 4 members (excludes halogenated alkanes) is 1. The van der Waals surface area contributed by atoms with Gasteiger partial charge in [0.2, 0.25) is 0 Å². The molecule has 1 unspecified atom stereocenters. The Morgan fingerprint density at radius 3 is 2.54 bits per heavy atom. The first-order valence-corrected chi connectivity index (χ1v) is 6.28. The van der Waals surface area contributed by atoms with E-state index >= 15 is 0 Å². The number of hydrogen-bond acceptors (Lipinski definition) is 3. The average Bonchev–Trinajstić information content (AvgIpc) is 2.11. The van der Waals surface area contributed by atoms with Crippen molar-refractivity contribution < 1.29 is 5.11 Å². The Balaban J connectivity index is 3.16. The van der Waals surface area contributed by atoms with E-state index in [4.69, 9.17) is 5.73 Å². The van der Waals surface area contributed by atoms with Gasteiger partial charge in [-0.3, -0.25) is 0 Å². The maximum absolute atomic E-state index is 9.59. The second kappa shape index (κ2) is 7.65. The summed E-state index contributed by atoms with van der Waals surface area (Å²) in [6.07, 6.45) is 4.36. The third-order valence-corrected chi connectivity index (χ3v) is 3.32. The fourth-order valence-electron chi connectivity index (χ4n) is 1.06. The van der Waals surface area contributed by atoms with Gasteiger partial charge in [0, 0.05) is 6.54 Å². The zero-order chi connectivity index (χ0) is 10.2. The molecule has 1 atom stereocenters. The zero-order valence-corrected chi connectivity index (χ0v) is 9.70. The molecule has 0 rings (SSSR count). The van der Waals surface area contributed by atoms with Crippen molar-refractivity contribution in [2.45, 2.75) is 45.1 Å². The second-order valence-corrected chi connectivity index (χ2v) is 5.00. The van der Waals surface area contributed by atoms with Crippen LogP contribution in [-0.2, 0) is 0 Å². The van der Waals surface area contributed by atoms with Crippen LogP contribution in [0, 0.1) is 0 Å². The van der Waals surface area contributed by atoms with Crippen molar-refractivity contribution in [1.82, 2.24) is 0 Å². The molecule has 0 amide bonds. The van der Waals surface area contributed by atoms with Crippen LogP contribution in [0.25, 0.3) is 0 Å². The molecule has 3 N–H and O–H groups in total. The molecule has 2 nitrogen and oxygen atoms in total. The van der Waals surface area contributed by atoms with Crippen molar-refractivity contribution in [1.29, 1.82) is 0 Å². The van der Waals surface area contributed by atoms with Crippen LogP contribution in [-0.4, -0.2) is 28.8 Å². The van der Waals surface area contributed by atoms with Crippen LogP contribution in [0.5, 0.6) is 0 Å². The minimum Gasteiger partial charge on any atom is -0.389 e. The molecule has 3 heteroatoms. The second-order valence-electron chi connectivity index (χ2n) is 3.77. The van der Waals surface area contributed by atoms with Crippen LogP contribution >= 0.6 is 11.8 Å². The minimum atomic E-state index is -0.643. The molecule has 80 valence electrons. The van der Waals surface area contributed by atoms with E-state index in [2.05, 4.69) is 6.92 Å². The lowest BCUT2D eigenvalue weighted by atomic mass is 10.00. The van der Waals surface area contributed by atoms with Gasteiger partial charge in [-0.25, -0.2) is 0 Å². The molecule has 0 heterocycles. The molecule has 0 saturated carbocycles. The smallest absolute Gasteiger partial charge is 0.0741 e. The topological polar surface area (TPSA) is 46.2 Å². The summed E-state index contributed by atoms with van der Waals surface area (Å²) in [6, 6.07) is 0. The Morgan fingerprint density at radius 1 is 1.31 bits per heavy atom. The normalized spacial score (nSPS) is 15.7. The van der Waals surface area contributed by atoms with Crippen molar-refractivity contribution in [3.63, 3.8) is 0 Å². The lowest BCUT2D eigenvalue weighted by Gasteiger charge is -2.20. The predicted molar refractivity (Wildman–Crippen MR) is 61.1 cm³/mol. The molecule has 0 aromatic heterocycles. The first kappa shape index (κ1) is 13.3. The van der Waals surface area contributed by atoms with Gasteiger partial charge >= 0.3 is 0 Å². The molecule has 0 aliphatic carbocycles. The van der Waals surface area contributed by atoms with E-state index in [0.29, 0.717) is 6.54 Å². The fraction of sp³-hybridized carbons (Fsp3) is 1.00. The molecule has 13 heavy (non-hydrogen) atoms. The maximum Gasteiger partial charge on any atom is 0.0741 e. The third-order valence-electron chi connectivity index (χ3n) is 2.04. The van der Waals surface area contributed by atoms with E-state index in [-0.39, 0.29) is 0 Å². The van der Waals surface area contributed by atoms with Crippen LogP contribution in [0.1, 0.15) is 39.5 Å². The monoisotopic (exact) mass is 205 g/mol. The summed E-state index contributed by atoms with van der Waals surface area (Å²) < 4.78 is 0. The predicted octanol–water partition coefficient (Wildman–Crippen LogP) is 2.01. The minimum absolute atomic E-state index is 0.370. The van der Waals surface area contributed by atoms with E-state index in [0.717, 1.165) is 12.8 Å². The molecular formula is C10H23NOS. The van der Waals surface area contributed by atoms with Crippen LogP contribution in [0.2, 0.25) is 0 Å². The van der Waals surface area contributed by atoms with E-state index in [1.165, 1.54) is 24.3 Å². The highest BCUT2D eigenvalue weighted by molar-refractivity contribution is 7.99. The summed E-state index contributed by atoms with van der Waals surface area (Å²) in [6.45, 7) is 4.38. The Morgan fingerprint density at radius 2 is 2.00 bits per heavy atom. The number of hydrogen-bond donors (Lipinski definition) is 2. The first-order chi connectivity index (χ1) is 6.12. The van der Waals surface area contributed by atoms with Crippen LogP contribution in [0.4, 0.5) is 0 Å². The van der Waals surface area contributed by atoms with Crippen LogP contribution < -0.4 is 5.73 Å². The number of aliphatic hydroxyl groups is 1. The SMILES string of the molecule is CCCSCCCCC(C)(O)CN. The van der Waals surface area contributed by atoms with Gasteiger partial charge in [0.1, 0.15) is 0 Å². The van der Waals surface area contributed by atoms with Gasteiger partial charge in [0.15, 0.2) is 0 Å². The molecule has 0 fully saturated rings. The summed E-state index contributed by atoms with van der Waals surface area (Å²) in [7, 11) is 0. The van der Waals surface area contributed by atoms with Gasteiger partial charge in [-0.2, -0.15) is 11.8 Å². The molecule has 0 aromatic carbocycles. The molecule has 0 aliphatic heterocycles. The van der Waals surface area contributed by atoms with Crippen molar-refractivity contribution in [2.75, 3.05) is 18.1 Å². The number of thioether (sulfide) groups is 1. The highest BCUT2D eigenvalue weighted by Gasteiger charge is 2.16. The van der Waals surface area contributed by atoms with Gasteiger partial charge in [-0.05, 0) is 44.1 Å². The van der Waals surface area contributed by atoms with Crippen LogP contribution in [0.15, 0.2) is 0 Å². The molecule has 0 spiro atoms. The molecular weight excluding hydrogens is 182 g/mol. The zero-order valence-electron chi connectivity index (χ0n) is 8.88. The fourth-order valence-corrected chi connectivity index (χ4v) is 1.96. The van der Waals surface area contributed by atoms with Crippen molar-refractivity contribution in [3.8, 4) is 0 Å². The lowest BCUT2D eigenvalue weighted by molar-refractivity contribution is 0.0577. The molecule has 0 bridgehead atoms. The summed E-state index contributed by atoms with van der Waals surface area (Å²) in [4.78, 5) is 0.